The molecule has 0 aromatic heterocycles. The number of phenolic OH excluding ortho intramolecular Hbond substituents is 1. The Morgan fingerprint density at radius 2 is 1.94 bits per heavy atom. The van der Waals surface area contributed by atoms with Gasteiger partial charge in [0.25, 0.3) is 0 Å². The van der Waals surface area contributed by atoms with Crippen LogP contribution in [0, 0.1) is 0 Å². The molecular formula is C14H24N2O. The van der Waals surface area contributed by atoms with Gasteiger partial charge in [-0.3, -0.25) is 0 Å². The van der Waals surface area contributed by atoms with E-state index in [2.05, 4.69) is 24.8 Å². The summed E-state index contributed by atoms with van der Waals surface area (Å²) >= 11 is 0. The van der Waals surface area contributed by atoms with Crippen LogP contribution < -0.4 is 5.73 Å². The summed E-state index contributed by atoms with van der Waals surface area (Å²) in [5, 5.41) is 9.83. The minimum atomic E-state index is 0.0590. The van der Waals surface area contributed by atoms with Crippen molar-refractivity contribution in [2.75, 3.05) is 20.6 Å². The summed E-state index contributed by atoms with van der Waals surface area (Å²) in [5.74, 6) is 0.367. The lowest BCUT2D eigenvalue weighted by molar-refractivity contribution is 0.384. The van der Waals surface area contributed by atoms with E-state index in [1.165, 1.54) is 5.56 Å². The molecular weight excluding hydrogens is 212 g/mol. The number of hydrogen-bond acceptors (Lipinski definition) is 3. The maximum atomic E-state index is 9.83. The Balaban J connectivity index is 3.03. The molecule has 0 aliphatic carbocycles. The van der Waals surface area contributed by atoms with Gasteiger partial charge in [-0.1, -0.05) is 26.0 Å². The van der Waals surface area contributed by atoms with E-state index in [1.807, 2.05) is 20.2 Å². The molecule has 0 spiro atoms. The molecule has 0 heterocycles. The summed E-state index contributed by atoms with van der Waals surface area (Å²) in [7, 11) is 3.99. The molecule has 0 aliphatic rings. The summed E-state index contributed by atoms with van der Waals surface area (Å²) in [6.45, 7) is 5.80. The third-order valence-corrected chi connectivity index (χ3v) is 3.12. The van der Waals surface area contributed by atoms with Crippen molar-refractivity contribution in [3.8, 4) is 5.75 Å². The third kappa shape index (κ3) is 3.72. The number of hydrogen-bond donors (Lipinski definition) is 2. The molecule has 0 fully saturated rings. The van der Waals surface area contributed by atoms with Crippen LogP contribution in [0.25, 0.3) is 0 Å². The Morgan fingerprint density at radius 1 is 1.29 bits per heavy atom. The molecule has 1 rings (SSSR count). The van der Waals surface area contributed by atoms with E-state index in [9.17, 15) is 5.11 Å². The van der Waals surface area contributed by atoms with Crippen LogP contribution in [-0.2, 0) is 12.0 Å². The molecule has 3 heteroatoms. The monoisotopic (exact) mass is 236 g/mol. The zero-order chi connectivity index (χ0) is 13.1. The second-order valence-electron chi connectivity index (χ2n) is 5.50. The van der Waals surface area contributed by atoms with Gasteiger partial charge in [-0.05, 0) is 44.1 Å². The first kappa shape index (κ1) is 14.0. The largest absolute Gasteiger partial charge is 0.508 e. The molecule has 17 heavy (non-hydrogen) atoms. The fourth-order valence-corrected chi connectivity index (χ4v) is 1.98. The molecule has 1 aromatic rings. The standard InChI is InChI=1S/C14H24N2O/c1-14(2,7-8-15)12-5-6-13(17)11(9-12)10-16(3)4/h5-6,9,17H,7-8,10,15H2,1-4H3. The maximum absolute atomic E-state index is 9.83. The topological polar surface area (TPSA) is 49.5 Å². The molecule has 0 unspecified atom stereocenters. The van der Waals surface area contributed by atoms with E-state index in [1.54, 1.807) is 6.07 Å². The summed E-state index contributed by atoms with van der Waals surface area (Å²) in [6, 6.07) is 5.86. The van der Waals surface area contributed by atoms with Gasteiger partial charge in [0, 0.05) is 12.1 Å². The van der Waals surface area contributed by atoms with Crippen molar-refractivity contribution < 1.29 is 5.11 Å². The van der Waals surface area contributed by atoms with Gasteiger partial charge < -0.3 is 15.7 Å². The van der Waals surface area contributed by atoms with Gasteiger partial charge >= 0.3 is 0 Å². The number of benzene rings is 1. The molecule has 0 saturated carbocycles. The molecule has 0 radical (unpaired) electrons. The maximum Gasteiger partial charge on any atom is 0.120 e. The first-order valence-electron chi connectivity index (χ1n) is 6.04. The SMILES string of the molecule is CN(C)Cc1cc(C(C)(C)CCN)ccc1O. The summed E-state index contributed by atoms with van der Waals surface area (Å²) in [6.07, 6.45) is 0.944. The minimum Gasteiger partial charge on any atom is -0.508 e. The average Bonchev–Trinajstić information content (AvgIpc) is 2.20. The third-order valence-electron chi connectivity index (χ3n) is 3.12. The summed E-state index contributed by atoms with van der Waals surface area (Å²) < 4.78 is 0. The molecule has 0 amide bonds. The highest BCUT2D eigenvalue weighted by molar-refractivity contribution is 5.39. The van der Waals surface area contributed by atoms with Gasteiger partial charge in [-0.2, -0.15) is 0 Å². The highest BCUT2D eigenvalue weighted by Gasteiger charge is 2.20. The number of phenols is 1. The Labute approximate surface area is 104 Å². The number of nitrogens with two attached hydrogens (primary N) is 1. The quantitative estimate of drug-likeness (QED) is 0.823. The van der Waals surface area contributed by atoms with Crippen molar-refractivity contribution in [2.24, 2.45) is 5.73 Å². The van der Waals surface area contributed by atoms with Crippen LogP contribution >= 0.6 is 0 Å². The smallest absolute Gasteiger partial charge is 0.120 e. The van der Waals surface area contributed by atoms with Crippen LogP contribution in [-0.4, -0.2) is 30.6 Å². The fourth-order valence-electron chi connectivity index (χ4n) is 1.98. The van der Waals surface area contributed by atoms with E-state index < -0.39 is 0 Å². The lowest BCUT2D eigenvalue weighted by atomic mass is 9.81. The van der Waals surface area contributed by atoms with Gasteiger partial charge in [0.1, 0.15) is 5.75 Å². The second kappa shape index (κ2) is 5.52. The van der Waals surface area contributed by atoms with Crippen molar-refractivity contribution >= 4 is 0 Å². The number of nitrogens with zero attached hydrogens (tertiary/aromatic N) is 1. The Bertz CT molecular complexity index is 372. The van der Waals surface area contributed by atoms with Gasteiger partial charge in [-0.15, -0.1) is 0 Å². The zero-order valence-electron chi connectivity index (χ0n) is 11.3. The predicted molar refractivity (Wildman–Crippen MR) is 72.2 cm³/mol. The van der Waals surface area contributed by atoms with Crippen LogP contribution in [0.4, 0.5) is 0 Å². The highest BCUT2D eigenvalue weighted by Crippen LogP contribution is 2.30. The highest BCUT2D eigenvalue weighted by atomic mass is 16.3. The molecule has 96 valence electrons. The van der Waals surface area contributed by atoms with E-state index in [4.69, 9.17) is 5.73 Å². The van der Waals surface area contributed by atoms with Crippen molar-refractivity contribution in [3.63, 3.8) is 0 Å². The molecule has 0 aliphatic heterocycles. The number of aromatic hydroxyl groups is 1. The molecule has 0 bridgehead atoms. The van der Waals surface area contributed by atoms with Crippen molar-refractivity contribution in [1.29, 1.82) is 0 Å². The normalized spacial score (nSPS) is 12.1. The first-order valence-corrected chi connectivity index (χ1v) is 6.04. The zero-order valence-corrected chi connectivity index (χ0v) is 11.3. The predicted octanol–water partition coefficient (Wildman–Crippen LogP) is 2.08. The van der Waals surface area contributed by atoms with E-state index >= 15 is 0 Å². The second-order valence-corrected chi connectivity index (χ2v) is 5.50. The van der Waals surface area contributed by atoms with E-state index in [-0.39, 0.29) is 5.41 Å². The lowest BCUT2D eigenvalue weighted by Crippen LogP contribution is -2.22. The summed E-state index contributed by atoms with van der Waals surface area (Å²) in [5.41, 5.74) is 7.91. The molecule has 3 nitrogen and oxygen atoms in total. The average molecular weight is 236 g/mol. The Hall–Kier alpha value is -1.06. The van der Waals surface area contributed by atoms with Crippen LogP contribution in [0.15, 0.2) is 18.2 Å². The van der Waals surface area contributed by atoms with Crippen LogP contribution in [0.3, 0.4) is 0 Å². The van der Waals surface area contributed by atoms with Crippen LogP contribution in [0.1, 0.15) is 31.4 Å². The van der Waals surface area contributed by atoms with Crippen molar-refractivity contribution in [1.82, 2.24) is 4.90 Å². The van der Waals surface area contributed by atoms with Crippen molar-refractivity contribution in [3.05, 3.63) is 29.3 Å². The van der Waals surface area contributed by atoms with Crippen LogP contribution in [0.2, 0.25) is 0 Å². The number of rotatable bonds is 5. The van der Waals surface area contributed by atoms with Gasteiger partial charge in [0.15, 0.2) is 0 Å². The Morgan fingerprint density at radius 3 is 2.47 bits per heavy atom. The van der Waals surface area contributed by atoms with E-state index in [0.717, 1.165) is 18.5 Å². The van der Waals surface area contributed by atoms with Crippen molar-refractivity contribution in [2.45, 2.75) is 32.2 Å². The Kier molecular flexibility index (Phi) is 4.54. The molecule has 0 atom stereocenters. The van der Waals surface area contributed by atoms with Gasteiger partial charge in [0.05, 0.1) is 0 Å². The van der Waals surface area contributed by atoms with E-state index in [0.29, 0.717) is 12.3 Å². The molecule has 0 saturated heterocycles. The first-order chi connectivity index (χ1) is 7.86. The minimum absolute atomic E-state index is 0.0590. The lowest BCUT2D eigenvalue weighted by Gasteiger charge is -2.26. The van der Waals surface area contributed by atoms with Gasteiger partial charge in [-0.25, -0.2) is 0 Å². The van der Waals surface area contributed by atoms with Crippen LogP contribution in [0.5, 0.6) is 5.75 Å². The van der Waals surface area contributed by atoms with Gasteiger partial charge in [0.2, 0.25) is 0 Å². The molecule has 1 aromatic carbocycles. The summed E-state index contributed by atoms with van der Waals surface area (Å²) in [4.78, 5) is 2.05. The fraction of sp³-hybridized carbons (Fsp3) is 0.571. The molecule has 3 N–H and O–H groups in total.